The predicted octanol–water partition coefficient (Wildman–Crippen LogP) is 3.55. The number of ether oxygens (including phenoxy) is 1. The van der Waals surface area contributed by atoms with Gasteiger partial charge in [0.1, 0.15) is 0 Å². The molecule has 1 aromatic carbocycles. The van der Waals surface area contributed by atoms with Crippen molar-refractivity contribution >= 4 is 23.2 Å². The standard InChI is InChI=1S/C17H24Cl2N2O/c18-15-5-4-13(10-16(15)19)14-11-20-6-9-22-17(14)12-21-7-2-1-3-8-21/h4-5,10,14,17,20H,1-3,6-9,11-12H2. The van der Waals surface area contributed by atoms with Gasteiger partial charge in [-0.15, -0.1) is 0 Å². The first kappa shape index (κ1) is 16.5. The van der Waals surface area contributed by atoms with Crippen LogP contribution < -0.4 is 5.32 Å². The summed E-state index contributed by atoms with van der Waals surface area (Å²) in [6, 6.07) is 5.97. The van der Waals surface area contributed by atoms with Crippen molar-refractivity contribution in [3.05, 3.63) is 33.8 Å². The number of rotatable bonds is 3. The Morgan fingerprint density at radius 2 is 1.95 bits per heavy atom. The zero-order valence-electron chi connectivity index (χ0n) is 12.9. The van der Waals surface area contributed by atoms with Gasteiger partial charge < -0.3 is 15.0 Å². The molecule has 2 heterocycles. The molecule has 0 radical (unpaired) electrons. The van der Waals surface area contributed by atoms with Crippen molar-refractivity contribution in [2.24, 2.45) is 0 Å². The molecule has 0 aliphatic carbocycles. The van der Waals surface area contributed by atoms with Gasteiger partial charge in [-0.25, -0.2) is 0 Å². The van der Waals surface area contributed by atoms with Crippen molar-refractivity contribution in [3.8, 4) is 0 Å². The lowest BCUT2D eigenvalue weighted by Gasteiger charge is -2.33. The van der Waals surface area contributed by atoms with E-state index in [0.29, 0.717) is 16.0 Å². The molecule has 2 aliphatic heterocycles. The van der Waals surface area contributed by atoms with E-state index in [-0.39, 0.29) is 6.10 Å². The molecule has 3 rings (SSSR count). The third kappa shape index (κ3) is 4.15. The molecule has 2 saturated heterocycles. The lowest BCUT2D eigenvalue weighted by atomic mass is 9.92. The maximum atomic E-state index is 6.21. The van der Waals surface area contributed by atoms with Crippen LogP contribution in [0.25, 0.3) is 0 Å². The summed E-state index contributed by atoms with van der Waals surface area (Å²) in [6.07, 6.45) is 4.19. The Hall–Kier alpha value is -0.320. The summed E-state index contributed by atoms with van der Waals surface area (Å²) in [4.78, 5) is 2.55. The minimum Gasteiger partial charge on any atom is -0.375 e. The number of nitrogens with zero attached hydrogens (tertiary/aromatic N) is 1. The normalized spacial score (nSPS) is 27.5. The average molecular weight is 343 g/mol. The molecule has 0 aromatic heterocycles. The van der Waals surface area contributed by atoms with E-state index >= 15 is 0 Å². The van der Waals surface area contributed by atoms with Crippen molar-refractivity contribution < 1.29 is 4.74 Å². The van der Waals surface area contributed by atoms with Gasteiger partial charge in [-0.3, -0.25) is 0 Å². The lowest BCUT2D eigenvalue weighted by Crippen LogP contribution is -2.41. The highest BCUT2D eigenvalue weighted by atomic mass is 35.5. The average Bonchev–Trinajstić information content (AvgIpc) is 2.77. The van der Waals surface area contributed by atoms with Crippen molar-refractivity contribution in [1.82, 2.24) is 10.2 Å². The van der Waals surface area contributed by atoms with Crippen molar-refractivity contribution in [2.45, 2.75) is 31.3 Å². The first-order valence-corrected chi connectivity index (χ1v) is 8.99. The fraction of sp³-hybridized carbons (Fsp3) is 0.647. The number of piperidine rings is 1. The molecule has 2 unspecified atom stereocenters. The third-order valence-corrected chi connectivity index (χ3v) is 5.42. The van der Waals surface area contributed by atoms with Crippen LogP contribution in [0, 0.1) is 0 Å². The van der Waals surface area contributed by atoms with Gasteiger partial charge in [0.15, 0.2) is 0 Å². The molecule has 1 N–H and O–H groups in total. The zero-order chi connectivity index (χ0) is 15.4. The highest BCUT2D eigenvalue weighted by molar-refractivity contribution is 6.42. The second-order valence-electron chi connectivity index (χ2n) is 6.25. The summed E-state index contributed by atoms with van der Waals surface area (Å²) in [5.41, 5.74) is 1.21. The Labute approximate surface area is 142 Å². The molecule has 2 aliphatic rings. The van der Waals surface area contributed by atoms with Crippen molar-refractivity contribution in [2.75, 3.05) is 39.3 Å². The third-order valence-electron chi connectivity index (χ3n) is 4.68. The quantitative estimate of drug-likeness (QED) is 0.908. The van der Waals surface area contributed by atoms with E-state index in [9.17, 15) is 0 Å². The number of nitrogens with one attached hydrogen (secondary N) is 1. The summed E-state index contributed by atoms with van der Waals surface area (Å²) in [5, 5.41) is 4.71. The maximum Gasteiger partial charge on any atom is 0.0783 e. The monoisotopic (exact) mass is 342 g/mol. The molecular formula is C17H24Cl2N2O. The van der Waals surface area contributed by atoms with E-state index in [4.69, 9.17) is 27.9 Å². The molecule has 3 nitrogen and oxygen atoms in total. The highest BCUT2D eigenvalue weighted by Crippen LogP contribution is 2.30. The number of hydrogen-bond acceptors (Lipinski definition) is 3. The Kier molecular flexibility index (Phi) is 6.00. The van der Waals surface area contributed by atoms with Crippen LogP contribution in [0.5, 0.6) is 0 Å². The van der Waals surface area contributed by atoms with Gasteiger partial charge in [0.2, 0.25) is 0 Å². The Balaban J connectivity index is 1.75. The van der Waals surface area contributed by atoms with Crippen molar-refractivity contribution in [3.63, 3.8) is 0 Å². The predicted molar refractivity (Wildman–Crippen MR) is 92.1 cm³/mol. The van der Waals surface area contributed by atoms with Crippen LogP contribution >= 0.6 is 23.2 Å². The van der Waals surface area contributed by atoms with E-state index in [1.54, 1.807) is 0 Å². The molecule has 0 bridgehead atoms. The molecule has 2 atom stereocenters. The zero-order valence-corrected chi connectivity index (χ0v) is 14.4. The number of hydrogen-bond donors (Lipinski definition) is 1. The van der Waals surface area contributed by atoms with Crippen LogP contribution in [0.3, 0.4) is 0 Å². The molecule has 2 fully saturated rings. The molecule has 0 amide bonds. The second kappa shape index (κ2) is 7.98. The molecule has 122 valence electrons. The fourth-order valence-corrected chi connectivity index (χ4v) is 3.75. The van der Waals surface area contributed by atoms with Gasteiger partial charge in [-0.2, -0.15) is 0 Å². The van der Waals surface area contributed by atoms with Crippen LogP contribution in [0.2, 0.25) is 10.0 Å². The van der Waals surface area contributed by atoms with Crippen LogP contribution in [0.15, 0.2) is 18.2 Å². The van der Waals surface area contributed by atoms with Crippen LogP contribution in [-0.2, 0) is 4.74 Å². The molecular weight excluding hydrogens is 319 g/mol. The fourth-order valence-electron chi connectivity index (χ4n) is 3.44. The van der Waals surface area contributed by atoms with Crippen LogP contribution in [-0.4, -0.2) is 50.3 Å². The molecule has 5 heteroatoms. The summed E-state index contributed by atoms with van der Waals surface area (Å²) < 4.78 is 6.16. The smallest absolute Gasteiger partial charge is 0.0783 e. The van der Waals surface area contributed by atoms with Gasteiger partial charge in [0, 0.05) is 25.6 Å². The van der Waals surface area contributed by atoms with E-state index in [1.165, 1.54) is 37.9 Å². The Morgan fingerprint density at radius 3 is 2.73 bits per heavy atom. The number of likely N-dealkylation sites (tertiary alicyclic amines) is 1. The van der Waals surface area contributed by atoms with E-state index in [1.807, 2.05) is 12.1 Å². The lowest BCUT2D eigenvalue weighted by molar-refractivity contribution is 0.0198. The Morgan fingerprint density at radius 1 is 1.14 bits per heavy atom. The SMILES string of the molecule is Clc1ccc(C2CNCCOC2CN2CCCCC2)cc1Cl. The molecule has 0 saturated carbocycles. The first-order chi connectivity index (χ1) is 10.7. The van der Waals surface area contributed by atoms with E-state index in [0.717, 1.165) is 26.2 Å². The summed E-state index contributed by atoms with van der Waals surface area (Å²) >= 11 is 12.3. The van der Waals surface area contributed by atoms with Crippen molar-refractivity contribution in [1.29, 1.82) is 0 Å². The minimum atomic E-state index is 0.213. The number of benzene rings is 1. The van der Waals surface area contributed by atoms with Gasteiger partial charge in [-0.1, -0.05) is 35.7 Å². The van der Waals surface area contributed by atoms with Gasteiger partial charge >= 0.3 is 0 Å². The number of halogens is 2. The Bertz CT molecular complexity index is 492. The van der Waals surface area contributed by atoms with Gasteiger partial charge in [0.05, 0.1) is 22.8 Å². The topological polar surface area (TPSA) is 24.5 Å². The van der Waals surface area contributed by atoms with Gasteiger partial charge in [-0.05, 0) is 43.6 Å². The molecule has 0 spiro atoms. The highest BCUT2D eigenvalue weighted by Gasteiger charge is 2.28. The van der Waals surface area contributed by atoms with Crippen LogP contribution in [0.4, 0.5) is 0 Å². The second-order valence-corrected chi connectivity index (χ2v) is 7.07. The molecule has 1 aromatic rings. The summed E-state index contributed by atoms with van der Waals surface area (Å²) in [7, 11) is 0. The maximum absolute atomic E-state index is 6.21. The van der Waals surface area contributed by atoms with E-state index < -0.39 is 0 Å². The largest absolute Gasteiger partial charge is 0.375 e. The minimum absolute atomic E-state index is 0.213. The first-order valence-electron chi connectivity index (χ1n) is 8.23. The molecule has 22 heavy (non-hydrogen) atoms. The summed E-state index contributed by atoms with van der Waals surface area (Å²) in [5.74, 6) is 0.319. The van der Waals surface area contributed by atoms with Crippen LogP contribution in [0.1, 0.15) is 30.7 Å². The summed E-state index contributed by atoms with van der Waals surface area (Å²) in [6.45, 7) is 6.01. The van der Waals surface area contributed by atoms with Gasteiger partial charge in [0.25, 0.3) is 0 Å². The van der Waals surface area contributed by atoms with E-state index in [2.05, 4.69) is 16.3 Å².